The Labute approximate surface area is 214 Å². The van der Waals surface area contributed by atoms with Gasteiger partial charge in [0.2, 0.25) is 40.7 Å². The lowest BCUT2D eigenvalue weighted by Crippen LogP contribution is -2.20. The van der Waals surface area contributed by atoms with Gasteiger partial charge in [0.1, 0.15) is 16.9 Å². The highest BCUT2D eigenvalue weighted by molar-refractivity contribution is 7.57. The molecule has 0 aliphatic carbocycles. The summed E-state index contributed by atoms with van der Waals surface area (Å²) in [6.45, 7) is -0.473. The molecule has 198 valence electrons. The molecule has 0 saturated carbocycles. The number of thiophene rings is 1. The first-order chi connectivity index (χ1) is 18.1. The predicted octanol–water partition coefficient (Wildman–Crippen LogP) is 6.84. The van der Waals surface area contributed by atoms with Crippen molar-refractivity contribution < 1.29 is 49.8 Å². The molecule has 1 N–H and O–H groups in total. The maximum Gasteiger partial charge on any atom is 0.355 e. The molecule has 0 spiro atoms. The summed E-state index contributed by atoms with van der Waals surface area (Å²) in [5, 5.41) is 2.48. The minimum absolute atomic E-state index is 0.0756. The number of ether oxygens (including phenoxy) is 1. The molecule has 0 saturated heterocycles. The highest BCUT2D eigenvalue weighted by Gasteiger charge is 2.38. The van der Waals surface area contributed by atoms with Crippen molar-refractivity contribution in [3.63, 3.8) is 0 Å². The third-order valence-corrected chi connectivity index (χ3v) is 8.16. The molecule has 4 aromatic rings. The van der Waals surface area contributed by atoms with E-state index in [0.29, 0.717) is 11.0 Å². The number of carbonyl (C=O) groups is 2. The van der Waals surface area contributed by atoms with Crippen LogP contribution in [0.5, 0.6) is 11.5 Å². The zero-order valence-corrected chi connectivity index (χ0v) is 20.4. The van der Waals surface area contributed by atoms with Crippen LogP contribution in [0.1, 0.15) is 21.1 Å². The lowest BCUT2D eigenvalue weighted by atomic mass is 10.2. The molecule has 0 aliphatic heterocycles. The Balaban J connectivity index is 1.63. The monoisotopic (exact) mass is 573 g/mol. The number of nitrogens with one attached hydrogen (secondary N) is 1. The van der Waals surface area contributed by atoms with Gasteiger partial charge in [-0.1, -0.05) is 24.3 Å². The number of benzene rings is 3. The first-order valence-electron chi connectivity index (χ1n) is 10.5. The van der Waals surface area contributed by atoms with E-state index in [-0.39, 0.29) is 21.6 Å². The number of carbonyl (C=O) groups excluding carboxylic acids is 2. The first-order valence-corrected chi connectivity index (χ1v) is 13.0. The third kappa shape index (κ3) is 5.31. The predicted molar refractivity (Wildman–Crippen MR) is 126 cm³/mol. The van der Waals surface area contributed by atoms with Gasteiger partial charge in [-0.3, -0.25) is 4.57 Å². The van der Waals surface area contributed by atoms with Crippen molar-refractivity contribution in [3.8, 4) is 11.5 Å². The molecule has 0 bridgehead atoms. The van der Waals surface area contributed by atoms with Crippen molar-refractivity contribution in [1.29, 1.82) is 0 Å². The summed E-state index contributed by atoms with van der Waals surface area (Å²) < 4.78 is 107. The fourth-order valence-corrected chi connectivity index (χ4v) is 5.84. The number of rotatable bonds is 9. The topological polar surface area (TPSA) is 81.7 Å². The summed E-state index contributed by atoms with van der Waals surface area (Å²) in [5.74, 6) is -17.0. The minimum Gasteiger partial charge on any atom is -0.431 e. The molecule has 4 rings (SSSR count). The smallest absolute Gasteiger partial charge is 0.355 e. The summed E-state index contributed by atoms with van der Waals surface area (Å²) in [7, 11) is -4.35. The Morgan fingerprint density at radius 3 is 2.21 bits per heavy atom. The van der Waals surface area contributed by atoms with Crippen molar-refractivity contribution in [1.82, 2.24) is 5.09 Å². The molecule has 38 heavy (non-hydrogen) atoms. The molecular weight excluding hydrogens is 559 g/mol. The number of aldehydes is 1. The maximum atomic E-state index is 15.5. The van der Waals surface area contributed by atoms with Crippen LogP contribution in [-0.4, -0.2) is 18.8 Å². The van der Waals surface area contributed by atoms with E-state index in [1.807, 2.05) is 0 Å². The third-order valence-electron chi connectivity index (χ3n) is 5.06. The zero-order chi connectivity index (χ0) is 27.6. The average molecular weight is 573 g/mol. The number of hydrogen-bond acceptors (Lipinski definition) is 6. The number of esters is 1. The molecule has 1 aromatic heterocycles. The lowest BCUT2D eigenvalue weighted by molar-refractivity contribution is -0.106. The number of para-hydroxylation sites is 1. The SMILES string of the molecule is O=CCNP(=O)(Oc1ccccc1)C(F)c1ccc2sc(C(=O)Oc3c(F)c(F)c(F)c(F)c3F)cc2c1. The minimum atomic E-state index is -4.35. The van der Waals surface area contributed by atoms with Crippen LogP contribution in [0.25, 0.3) is 10.1 Å². The second-order valence-corrected chi connectivity index (χ2v) is 10.8. The molecule has 2 unspecified atom stereocenters. The average Bonchev–Trinajstić information content (AvgIpc) is 3.36. The van der Waals surface area contributed by atoms with Gasteiger partial charge in [0.15, 0.2) is 0 Å². The summed E-state index contributed by atoms with van der Waals surface area (Å²) in [4.78, 5) is 22.9. The number of fused-ring (bicyclic) bond motifs is 1. The molecule has 3 aromatic carbocycles. The van der Waals surface area contributed by atoms with Gasteiger partial charge in [0, 0.05) is 4.70 Å². The molecule has 6 nitrogen and oxygen atoms in total. The van der Waals surface area contributed by atoms with Crippen molar-refractivity contribution in [2.75, 3.05) is 6.54 Å². The van der Waals surface area contributed by atoms with E-state index in [4.69, 9.17) is 4.52 Å². The van der Waals surface area contributed by atoms with Gasteiger partial charge in [-0.15, -0.1) is 11.3 Å². The molecule has 0 aliphatic rings. The molecule has 0 fully saturated rings. The van der Waals surface area contributed by atoms with E-state index in [0.717, 1.165) is 17.4 Å². The van der Waals surface area contributed by atoms with Gasteiger partial charge in [-0.05, 0) is 41.3 Å². The Hall–Kier alpha value is -3.67. The Kier molecular flexibility index (Phi) is 7.91. The van der Waals surface area contributed by atoms with Crippen LogP contribution in [0.15, 0.2) is 54.6 Å². The second-order valence-electron chi connectivity index (χ2n) is 7.56. The van der Waals surface area contributed by atoms with Crippen LogP contribution in [-0.2, 0) is 9.36 Å². The molecule has 2 atom stereocenters. The van der Waals surface area contributed by atoms with E-state index in [1.54, 1.807) is 18.2 Å². The van der Waals surface area contributed by atoms with Gasteiger partial charge in [-0.25, -0.2) is 27.4 Å². The van der Waals surface area contributed by atoms with Gasteiger partial charge in [0.05, 0.1) is 6.54 Å². The van der Waals surface area contributed by atoms with E-state index in [2.05, 4.69) is 9.82 Å². The fourth-order valence-electron chi connectivity index (χ4n) is 3.29. The second kappa shape index (κ2) is 11.0. The standard InChI is InChI=1S/C24H14F6NO5PS/c25-17-18(26)20(28)22(21(29)19(17)27)35-24(33)16-11-13-10-12(6-7-15(13)38-16)23(30)37(34,31-8-9-32)36-14-4-2-1-3-5-14/h1-7,9-11,23H,8H2,(H,31,34). The molecular formula is C24H14F6NO5PS. The summed E-state index contributed by atoms with van der Waals surface area (Å²) in [5.41, 5.74) is -0.160. The van der Waals surface area contributed by atoms with Crippen LogP contribution >= 0.6 is 18.9 Å². The zero-order valence-electron chi connectivity index (χ0n) is 18.7. The summed E-state index contributed by atoms with van der Waals surface area (Å²) >= 11 is 0.727. The molecule has 0 amide bonds. The highest BCUT2D eigenvalue weighted by Crippen LogP contribution is 2.57. The van der Waals surface area contributed by atoms with Crippen molar-refractivity contribution in [2.45, 2.75) is 5.91 Å². The lowest BCUT2D eigenvalue weighted by Gasteiger charge is -2.23. The van der Waals surface area contributed by atoms with Crippen molar-refractivity contribution >= 4 is 41.2 Å². The van der Waals surface area contributed by atoms with Gasteiger partial charge < -0.3 is 14.1 Å². The van der Waals surface area contributed by atoms with Crippen molar-refractivity contribution in [2.24, 2.45) is 0 Å². The van der Waals surface area contributed by atoms with E-state index in [9.17, 15) is 36.1 Å². The Morgan fingerprint density at radius 1 is 0.947 bits per heavy atom. The highest BCUT2D eigenvalue weighted by atomic mass is 32.1. The number of alkyl halides is 1. The summed E-state index contributed by atoms with van der Waals surface area (Å²) in [6, 6.07) is 12.6. The van der Waals surface area contributed by atoms with Crippen LogP contribution in [0.2, 0.25) is 0 Å². The quantitative estimate of drug-likeness (QED) is 0.0449. The van der Waals surface area contributed by atoms with Crippen LogP contribution in [0.3, 0.4) is 0 Å². The first kappa shape index (κ1) is 27.4. The van der Waals surface area contributed by atoms with Gasteiger partial charge >= 0.3 is 13.5 Å². The largest absolute Gasteiger partial charge is 0.431 e. The van der Waals surface area contributed by atoms with Gasteiger partial charge in [0.25, 0.3) is 0 Å². The van der Waals surface area contributed by atoms with E-state index in [1.165, 1.54) is 30.3 Å². The van der Waals surface area contributed by atoms with Crippen LogP contribution < -0.4 is 14.3 Å². The summed E-state index contributed by atoms with van der Waals surface area (Å²) in [6.07, 6.45) is 0.373. The van der Waals surface area contributed by atoms with Gasteiger partial charge in [-0.2, -0.15) is 8.78 Å². The fraction of sp³-hybridized carbons (Fsp3) is 0.0833. The van der Waals surface area contributed by atoms with Crippen LogP contribution in [0.4, 0.5) is 26.3 Å². The normalized spacial score (nSPS) is 13.6. The number of hydrogen-bond donors (Lipinski definition) is 1. The van der Waals surface area contributed by atoms with E-state index < -0.39 is 60.8 Å². The van der Waals surface area contributed by atoms with Crippen molar-refractivity contribution in [3.05, 3.63) is 94.1 Å². The Morgan fingerprint density at radius 2 is 1.58 bits per heavy atom. The number of halogens is 6. The maximum absolute atomic E-state index is 15.5. The molecule has 1 heterocycles. The molecule has 0 radical (unpaired) electrons. The van der Waals surface area contributed by atoms with E-state index >= 15 is 4.39 Å². The molecule has 14 heteroatoms. The van der Waals surface area contributed by atoms with Crippen LogP contribution in [0, 0.1) is 29.1 Å². The Bertz CT molecular complexity index is 1550.